The molecule has 0 amide bonds. The standard InChI is InChI=1S/C11H15N5/c1-6(13)9-4-11(16-15)10(7(2)14)3-8(9)5-12/h3-5,12-14,16H,15H2,1-2H3. The summed E-state index contributed by atoms with van der Waals surface area (Å²) in [7, 11) is 0. The lowest BCUT2D eigenvalue weighted by atomic mass is 9.98. The van der Waals surface area contributed by atoms with Gasteiger partial charge in [-0.15, -0.1) is 0 Å². The highest BCUT2D eigenvalue weighted by Crippen LogP contribution is 2.21. The number of hydrogen-bond acceptors (Lipinski definition) is 5. The first kappa shape index (κ1) is 12.1. The number of hydrogen-bond donors (Lipinski definition) is 5. The minimum atomic E-state index is 0.365. The number of anilines is 1. The van der Waals surface area contributed by atoms with Crippen LogP contribution in [0, 0.1) is 16.2 Å². The molecule has 1 aromatic carbocycles. The predicted molar refractivity (Wildman–Crippen MR) is 67.1 cm³/mol. The van der Waals surface area contributed by atoms with Gasteiger partial charge in [0.15, 0.2) is 0 Å². The Morgan fingerprint density at radius 3 is 2.12 bits per heavy atom. The molecule has 0 spiro atoms. The normalized spacial score (nSPS) is 9.69. The fourth-order valence-electron chi connectivity index (χ4n) is 1.49. The van der Waals surface area contributed by atoms with Gasteiger partial charge in [0, 0.05) is 34.3 Å². The minimum Gasteiger partial charge on any atom is -0.323 e. The second-order valence-electron chi connectivity index (χ2n) is 3.52. The van der Waals surface area contributed by atoms with E-state index in [0.29, 0.717) is 33.8 Å². The van der Waals surface area contributed by atoms with Gasteiger partial charge in [-0.25, -0.2) is 0 Å². The van der Waals surface area contributed by atoms with E-state index in [2.05, 4.69) is 5.43 Å². The van der Waals surface area contributed by atoms with Gasteiger partial charge in [0.2, 0.25) is 0 Å². The van der Waals surface area contributed by atoms with E-state index in [4.69, 9.17) is 22.1 Å². The smallest absolute Gasteiger partial charge is 0.0582 e. The molecule has 5 nitrogen and oxygen atoms in total. The zero-order valence-electron chi connectivity index (χ0n) is 9.31. The molecule has 0 aliphatic rings. The molecule has 0 aliphatic heterocycles. The van der Waals surface area contributed by atoms with E-state index in [1.807, 2.05) is 0 Å². The lowest BCUT2D eigenvalue weighted by Crippen LogP contribution is -2.13. The Labute approximate surface area is 94.2 Å². The summed E-state index contributed by atoms with van der Waals surface area (Å²) in [5, 5.41) is 22.5. The van der Waals surface area contributed by atoms with Crippen LogP contribution >= 0.6 is 0 Å². The van der Waals surface area contributed by atoms with E-state index in [9.17, 15) is 0 Å². The Bertz CT molecular complexity index is 462. The first-order chi connectivity index (χ1) is 7.51. The van der Waals surface area contributed by atoms with Crippen LogP contribution in [-0.2, 0) is 0 Å². The fraction of sp³-hybridized carbons (Fsp3) is 0.182. The van der Waals surface area contributed by atoms with Gasteiger partial charge in [-0.3, -0.25) is 5.84 Å². The van der Waals surface area contributed by atoms with Crippen molar-refractivity contribution in [2.45, 2.75) is 13.8 Å². The van der Waals surface area contributed by atoms with Crippen LogP contribution in [0.15, 0.2) is 12.1 Å². The van der Waals surface area contributed by atoms with E-state index in [0.717, 1.165) is 0 Å². The molecule has 0 bridgehead atoms. The van der Waals surface area contributed by atoms with Crippen LogP contribution in [0.4, 0.5) is 5.69 Å². The van der Waals surface area contributed by atoms with Gasteiger partial charge in [-0.05, 0) is 26.0 Å². The van der Waals surface area contributed by atoms with Crippen molar-refractivity contribution in [3.05, 3.63) is 28.8 Å². The highest BCUT2D eigenvalue weighted by atomic mass is 15.2. The summed E-state index contributed by atoms with van der Waals surface area (Å²) in [6.45, 7) is 3.31. The maximum Gasteiger partial charge on any atom is 0.0582 e. The highest BCUT2D eigenvalue weighted by molar-refractivity contribution is 6.09. The maximum atomic E-state index is 7.60. The number of benzene rings is 1. The molecular weight excluding hydrogens is 202 g/mol. The number of nitrogens with one attached hydrogen (secondary N) is 4. The summed E-state index contributed by atoms with van der Waals surface area (Å²) in [4.78, 5) is 0. The predicted octanol–water partition coefficient (Wildman–Crippen LogP) is 1.75. The molecular formula is C11H15N5. The second kappa shape index (κ2) is 4.67. The van der Waals surface area contributed by atoms with Crippen molar-refractivity contribution in [3.63, 3.8) is 0 Å². The molecule has 84 valence electrons. The Kier molecular flexibility index (Phi) is 3.52. The summed E-state index contributed by atoms with van der Waals surface area (Å²) in [5.41, 5.74) is 5.75. The molecule has 16 heavy (non-hydrogen) atoms. The summed E-state index contributed by atoms with van der Waals surface area (Å²) < 4.78 is 0. The average Bonchev–Trinajstić information content (AvgIpc) is 2.26. The number of hydrazine groups is 1. The van der Waals surface area contributed by atoms with Gasteiger partial charge in [-0.2, -0.15) is 0 Å². The maximum absolute atomic E-state index is 7.60. The van der Waals surface area contributed by atoms with Gasteiger partial charge in [0.1, 0.15) is 0 Å². The molecule has 0 unspecified atom stereocenters. The lowest BCUT2D eigenvalue weighted by Gasteiger charge is -2.12. The number of nitrogen functional groups attached to an aromatic ring is 1. The first-order valence-electron chi connectivity index (χ1n) is 4.77. The topological polar surface area (TPSA) is 110 Å². The Balaban J connectivity index is 3.52. The average molecular weight is 217 g/mol. The molecule has 0 saturated heterocycles. The Hall–Kier alpha value is -2.01. The molecule has 0 aliphatic carbocycles. The third-order valence-corrected chi connectivity index (χ3v) is 2.31. The van der Waals surface area contributed by atoms with E-state index in [1.54, 1.807) is 26.0 Å². The van der Waals surface area contributed by atoms with Crippen molar-refractivity contribution in [2.75, 3.05) is 5.43 Å². The largest absolute Gasteiger partial charge is 0.323 e. The number of rotatable bonds is 4. The lowest BCUT2D eigenvalue weighted by molar-refractivity contribution is 1.32. The van der Waals surface area contributed by atoms with Crippen LogP contribution in [0.25, 0.3) is 0 Å². The van der Waals surface area contributed by atoms with E-state index in [1.165, 1.54) is 6.21 Å². The summed E-state index contributed by atoms with van der Waals surface area (Å²) >= 11 is 0. The molecule has 1 rings (SSSR count). The van der Waals surface area contributed by atoms with Crippen molar-refractivity contribution in [1.29, 1.82) is 16.2 Å². The van der Waals surface area contributed by atoms with E-state index >= 15 is 0 Å². The molecule has 6 N–H and O–H groups in total. The summed E-state index contributed by atoms with van der Waals surface area (Å²) in [6.07, 6.45) is 1.18. The first-order valence-corrected chi connectivity index (χ1v) is 4.77. The van der Waals surface area contributed by atoms with Gasteiger partial charge in [-0.1, -0.05) is 0 Å². The van der Waals surface area contributed by atoms with Crippen molar-refractivity contribution >= 4 is 23.3 Å². The van der Waals surface area contributed by atoms with Crippen LogP contribution in [-0.4, -0.2) is 17.6 Å². The van der Waals surface area contributed by atoms with E-state index < -0.39 is 0 Å². The SMILES string of the molecule is CC(=N)c1cc(NN)c(C(C)=N)cc1C=N. The van der Waals surface area contributed by atoms with Crippen LogP contribution in [0.1, 0.15) is 30.5 Å². The third kappa shape index (κ3) is 2.14. The molecule has 0 fully saturated rings. The van der Waals surface area contributed by atoms with Gasteiger partial charge < -0.3 is 21.7 Å². The molecule has 0 atom stereocenters. The highest BCUT2D eigenvalue weighted by Gasteiger charge is 2.10. The third-order valence-electron chi connectivity index (χ3n) is 2.31. The van der Waals surface area contributed by atoms with Crippen LogP contribution in [0.3, 0.4) is 0 Å². The summed E-state index contributed by atoms with van der Waals surface area (Å²) in [6, 6.07) is 3.38. The van der Waals surface area contributed by atoms with Crippen molar-refractivity contribution in [3.8, 4) is 0 Å². The molecule has 5 heteroatoms. The molecule has 0 heterocycles. The van der Waals surface area contributed by atoms with Gasteiger partial charge in [0.05, 0.1) is 5.69 Å². The zero-order chi connectivity index (χ0) is 12.3. The quantitative estimate of drug-likeness (QED) is 0.301. The van der Waals surface area contributed by atoms with Gasteiger partial charge >= 0.3 is 0 Å². The molecule has 0 radical (unpaired) electrons. The van der Waals surface area contributed by atoms with Crippen molar-refractivity contribution < 1.29 is 0 Å². The zero-order valence-corrected chi connectivity index (χ0v) is 9.31. The fourth-order valence-corrected chi connectivity index (χ4v) is 1.49. The van der Waals surface area contributed by atoms with Crippen LogP contribution < -0.4 is 11.3 Å². The molecule has 0 saturated carbocycles. The second-order valence-corrected chi connectivity index (χ2v) is 3.52. The Morgan fingerprint density at radius 1 is 1.19 bits per heavy atom. The van der Waals surface area contributed by atoms with Gasteiger partial charge in [0.25, 0.3) is 0 Å². The molecule has 1 aromatic rings. The van der Waals surface area contributed by atoms with E-state index in [-0.39, 0.29) is 0 Å². The Morgan fingerprint density at radius 2 is 1.75 bits per heavy atom. The van der Waals surface area contributed by atoms with Crippen LogP contribution in [0.2, 0.25) is 0 Å². The molecule has 0 aromatic heterocycles. The minimum absolute atomic E-state index is 0.365. The van der Waals surface area contributed by atoms with Crippen molar-refractivity contribution in [2.24, 2.45) is 5.84 Å². The number of nitrogens with two attached hydrogens (primary N) is 1. The van der Waals surface area contributed by atoms with Crippen LogP contribution in [0.5, 0.6) is 0 Å². The summed E-state index contributed by atoms with van der Waals surface area (Å²) in [5.74, 6) is 5.37. The monoisotopic (exact) mass is 217 g/mol. The van der Waals surface area contributed by atoms with Crippen molar-refractivity contribution in [1.82, 2.24) is 0 Å².